The van der Waals surface area contributed by atoms with E-state index < -0.39 is 0 Å². The Kier molecular flexibility index (Phi) is 5.12. The van der Waals surface area contributed by atoms with Gasteiger partial charge in [-0.3, -0.25) is 4.79 Å². The zero-order chi connectivity index (χ0) is 23.4. The maximum atomic E-state index is 13.3. The molecule has 2 aliphatic rings. The number of hydrogen-bond acceptors (Lipinski definition) is 2. The lowest BCUT2D eigenvalue weighted by Gasteiger charge is -2.57. The van der Waals surface area contributed by atoms with Gasteiger partial charge in [-0.25, -0.2) is 0 Å². The molecular formula is C29H33N3O. The molecule has 0 atom stereocenters. The number of aromatic nitrogens is 1. The first kappa shape index (κ1) is 21.8. The van der Waals surface area contributed by atoms with Gasteiger partial charge in [-0.1, -0.05) is 52.0 Å². The van der Waals surface area contributed by atoms with E-state index in [0.29, 0.717) is 23.1 Å². The van der Waals surface area contributed by atoms with Crippen LogP contribution in [0, 0.1) is 22.7 Å². The zero-order valence-electron chi connectivity index (χ0n) is 20.1. The fourth-order valence-electron chi connectivity index (χ4n) is 6.15. The summed E-state index contributed by atoms with van der Waals surface area (Å²) < 4.78 is 2.10. The number of fused-ring (bicyclic) bond motifs is 1. The Hall–Kier alpha value is -3.06. The quantitative estimate of drug-likeness (QED) is 0.529. The number of nitrogens with zero attached hydrogens (tertiary/aromatic N) is 2. The number of benzene rings is 2. The van der Waals surface area contributed by atoms with Crippen LogP contribution in [0.25, 0.3) is 10.9 Å². The van der Waals surface area contributed by atoms with Crippen LogP contribution in [0.15, 0.2) is 48.7 Å². The van der Waals surface area contributed by atoms with Crippen molar-refractivity contribution in [3.63, 3.8) is 0 Å². The number of nitriles is 1. The Bertz CT molecular complexity index is 1240. The highest BCUT2D eigenvalue weighted by Crippen LogP contribution is 2.58. The molecular weight excluding hydrogens is 406 g/mol. The Morgan fingerprint density at radius 3 is 2.39 bits per heavy atom. The maximum Gasteiger partial charge on any atom is 0.253 e. The first-order valence-electron chi connectivity index (χ1n) is 12.1. The summed E-state index contributed by atoms with van der Waals surface area (Å²) in [5.41, 5.74) is 5.19. The number of carbonyl (C=O) groups is 1. The molecule has 1 heterocycles. The van der Waals surface area contributed by atoms with Gasteiger partial charge in [0, 0.05) is 24.2 Å². The van der Waals surface area contributed by atoms with Crippen molar-refractivity contribution in [2.45, 2.75) is 71.4 Å². The minimum Gasteiger partial charge on any atom is -0.349 e. The molecule has 0 aliphatic heterocycles. The van der Waals surface area contributed by atoms with E-state index in [2.05, 4.69) is 67.9 Å². The van der Waals surface area contributed by atoms with Crippen molar-refractivity contribution in [1.82, 2.24) is 9.88 Å². The standard InChI is InChI=1S/C29H33N3O/c1-19-13-29(14-19)15-23(16-29)31-27(33)25-10-7-21(17-30)24-11-12-32(26(24)25)18-20-5-8-22(9-6-20)28(2,3)4/h5-12,19,23H,13-16,18H2,1-4H3,(H,31,33). The highest BCUT2D eigenvalue weighted by molar-refractivity contribution is 6.07. The van der Waals surface area contributed by atoms with Crippen LogP contribution in [0.4, 0.5) is 0 Å². The van der Waals surface area contributed by atoms with Crippen LogP contribution in [-0.2, 0) is 12.0 Å². The van der Waals surface area contributed by atoms with Gasteiger partial charge >= 0.3 is 0 Å². The second kappa shape index (κ2) is 7.76. The first-order valence-corrected chi connectivity index (χ1v) is 12.1. The lowest BCUT2D eigenvalue weighted by atomic mass is 9.50. The fraction of sp³-hybridized carbons (Fsp3) is 0.448. The lowest BCUT2D eigenvalue weighted by molar-refractivity contribution is -0.0399. The first-order chi connectivity index (χ1) is 15.7. The predicted octanol–water partition coefficient (Wildman–Crippen LogP) is 6.17. The van der Waals surface area contributed by atoms with Gasteiger partial charge in [0.05, 0.1) is 22.7 Å². The molecule has 1 amide bonds. The van der Waals surface area contributed by atoms with Crippen LogP contribution in [0.3, 0.4) is 0 Å². The Labute approximate surface area is 196 Å². The molecule has 4 nitrogen and oxygen atoms in total. The second-order valence-corrected chi connectivity index (χ2v) is 11.5. The average Bonchev–Trinajstić information content (AvgIpc) is 3.14. The molecule has 0 radical (unpaired) electrons. The topological polar surface area (TPSA) is 57.8 Å². The van der Waals surface area contributed by atoms with Gasteiger partial charge in [0.1, 0.15) is 0 Å². The molecule has 1 aromatic heterocycles. The molecule has 0 saturated heterocycles. The second-order valence-electron chi connectivity index (χ2n) is 11.5. The van der Waals surface area contributed by atoms with Crippen LogP contribution in [0.5, 0.6) is 0 Å². The van der Waals surface area contributed by atoms with E-state index in [-0.39, 0.29) is 17.4 Å². The van der Waals surface area contributed by atoms with Crippen LogP contribution in [0.2, 0.25) is 0 Å². The van der Waals surface area contributed by atoms with Gasteiger partial charge in [-0.15, -0.1) is 0 Å². The monoisotopic (exact) mass is 439 g/mol. The minimum absolute atomic E-state index is 0.0280. The predicted molar refractivity (Wildman–Crippen MR) is 132 cm³/mol. The van der Waals surface area contributed by atoms with Crippen LogP contribution < -0.4 is 5.32 Å². The molecule has 4 heteroatoms. The van der Waals surface area contributed by atoms with Crippen molar-refractivity contribution in [3.05, 3.63) is 70.9 Å². The number of rotatable bonds is 4. The van der Waals surface area contributed by atoms with Crippen molar-refractivity contribution >= 4 is 16.8 Å². The molecule has 170 valence electrons. The van der Waals surface area contributed by atoms with Crippen molar-refractivity contribution in [3.8, 4) is 6.07 Å². The van der Waals surface area contributed by atoms with Crippen molar-refractivity contribution in [1.29, 1.82) is 5.26 Å². The van der Waals surface area contributed by atoms with E-state index in [0.717, 1.165) is 29.7 Å². The van der Waals surface area contributed by atoms with Crippen LogP contribution in [-0.4, -0.2) is 16.5 Å². The van der Waals surface area contributed by atoms with Gasteiger partial charge < -0.3 is 9.88 Å². The third-order valence-electron chi connectivity index (χ3n) is 7.72. The van der Waals surface area contributed by atoms with E-state index in [1.807, 2.05) is 18.3 Å². The highest BCUT2D eigenvalue weighted by Gasteiger charge is 2.51. The third-order valence-corrected chi connectivity index (χ3v) is 7.72. The molecule has 2 fully saturated rings. The average molecular weight is 440 g/mol. The molecule has 33 heavy (non-hydrogen) atoms. The van der Waals surface area contributed by atoms with Crippen LogP contribution in [0.1, 0.15) is 80.4 Å². The molecule has 0 unspecified atom stereocenters. The fourth-order valence-corrected chi connectivity index (χ4v) is 6.15. The smallest absolute Gasteiger partial charge is 0.253 e. The van der Waals surface area contributed by atoms with Crippen molar-refractivity contribution in [2.75, 3.05) is 0 Å². The summed E-state index contributed by atoms with van der Waals surface area (Å²) >= 11 is 0. The van der Waals surface area contributed by atoms with Crippen LogP contribution >= 0.6 is 0 Å². The molecule has 3 aromatic rings. The molecule has 1 N–H and O–H groups in total. The lowest BCUT2D eigenvalue weighted by Crippen LogP contribution is -2.55. The van der Waals surface area contributed by atoms with E-state index in [1.165, 1.54) is 24.0 Å². The minimum atomic E-state index is -0.0280. The third kappa shape index (κ3) is 3.95. The SMILES string of the molecule is CC1CC2(C1)CC(NC(=O)c1ccc(C#N)c3ccn(Cc4ccc(C(C)(C)C)cc4)c13)C2. The molecule has 2 aromatic carbocycles. The molecule has 2 saturated carbocycles. The van der Waals surface area contributed by atoms with Gasteiger partial charge in [-0.2, -0.15) is 5.26 Å². The normalized spacial score (nSPS) is 24.2. The molecule has 2 aliphatic carbocycles. The van der Waals surface area contributed by atoms with E-state index in [9.17, 15) is 10.1 Å². The number of amides is 1. The summed E-state index contributed by atoms with van der Waals surface area (Å²) in [7, 11) is 0. The molecule has 5 rings (SSSR count). The Morgan fingerprint density at radius 2 is 1.79 bits per heavy atom. The summed E-state index contributed by atoms with van der Waals surface area (Å²) in [6, 6.07) is 16.8. The summed E-state index contributed by atoms with van der Waals surface area (Å²) in [6.07, 6.45) is 6.80. The Balaban J connectivity index is 1.40. The van der Waals surface area contributed by atoms with Gasteiger partial charge in [-0.05, 0) is 71.8 Å². The number of carbonyl (C=O) groups excluding carboxylic acids is 1. The summed E-state index contributed by atoms with van der Waals surface area (Å²) in [5.74, 6) is 0.806. The number of hydrogen-bond donors (Lipinski definition) is 1. The van der Waals surface area contributed by atoms with E-state index >= 15 is 0 Å². The zero-order valence-corrected chi connectivity index (χ0v) is 20.1. The largest absolute Gasteiger partial charge is 0.349 e. The molecule has 0 bridgehead atoms. The highest BCUT2D eigenvalue weighted by atomic mass is 16.1. The summed E-state index contributed by atoms with van der Waals surface area (Å²) in [4.78, 5) is 13.3. The van der Waals surface area contributed by atoms with E-state index in [4.69, 9.17) is 0 Å². The summed E-state index contributed by atoms with van der Waals surface area (Å²) in [6.45, 7) is 9.62. The maximum absolute atomic E-state index is 13.3. The van der Waals surface area contributed by atoms with Gasteiger partial charge in [0.15, 0.2) is 0 Å². The van der Waals surface area contributed by atoms with E-state index in [1.54, 1.807) is 6.07 Å². The summed E-state index contributed by atoms with van der Waals surface area (Å²) in [5, 5.41) is 13.7. The van der Waals surface area contributed by atoms with Crippen molar-refractivity contribution < 1.29 is 4.79 Å². The Morgan fingerprint density at radius 1 is 1.09 bits per heavy atom. The van der Waals surface area contributed by atoms with Crippen molar-refractivity contribution in [2.24, 2.45) is 11.3 Å². The van der Waals surface area contributed by atoms with Gasteiger partial charge in [0.25, 0.3) is 5.91 Å². The number of nitrogens with one attached hydrogen (secondary N) is 1. The molecule has 1 spiro atoms. The van der Waals surface area contributed by atoms with Gasteiger partial charge in [0.2, 0.25) is 0 Å².